The molecular formula is C19H25N5O. The molecule has 132 valence electrons. The van der Waals surface area contributed by atoms with E-state index in [9.17, 15) is 4.79 Å². The molecule has 1 unspecified atom stereocenters. The molecule has 2 aromatic heterocycles. The summed E-state index contributed by atoms with van der Waals surface area (Å²) in [6, 6.07) is 4.48. The highest BCUT2D eigenvalue weighted by molar-refractivity contribution is 5.94. The van der Waals surface area contributed by atoms with Crippen LogP contribution in [0.5, 0.6) is 0 Å². The molecule has 1 aliphatic heterocycles. The second kappa shape index (κ2) is 6.17. The van der Waals surface area contributed by atoms with Gasteiger partial charge in [0.2, 0.25) is 0 Å². The van der Waals surface area contributed by atoms with E-state index >= 15 is 0 Å². The molecule has 3 heterocycles. The maximum absolute atomic E-state index is 13.0. The fraction of sp³-hybridized carbons (Fsp3) is 0.526. The molecule has 0 bridgehead atoms. The number of nitrogens with zero attached hydrogens (tertiary/aromatic N) is 4. The summed E-state index contributed by atoms with van der Waals surface area (Å²) in [5.41, 5.74) is 4.02. The number of pyridine rings is 1. The number of amides is 1. The first-order valence-corrected chi connectivity index (χ1v) is 9.08. The molecule has 6 nitrogen and oxygen atoms in total. The van der Waals surface area contributed by atoms with Crippen LogP contribution < -0.4 is 5.32 Å². The van der Waals surface area contributed by atoms with Crippen LogP contribution in [-0.2, 0) is 7.05 Å². The quantitative estimate of drug-likeness (QED) is 0.930. The average molecular weight is 339 g/mol. The third kappa shape index (κ3) is 3.01. The van der Waals surface area contributed by atoms with Crippen LogP contribution in [0.25, 0.3) is 0 Å². The molecule has 4 rings (SSSR count). The minimum Gasteiger partial charge on any atom is -0.367 e. The van der Waals surface area contributed by atoms with Gasteiger partial charge in [0, 0.05) is 37.1 Å². The van der Waals surface area contributed by atoms with E-state index < -0.39 is 0 Å². The zero-order valence-electron chi connectivity index (χ0n) is 15.1. The topological polar surface area (TPSA) is 63.1 Å². The van der Waals surface area contributed by atoms with Gasteiger partial charge in [0.05, 0.1) is 17.3 Å². The number of carbonyl (C=O) groups is 1. The second-order valence-electron chi connectivity index (χ2n) is 7.22. The Hall–Kier alpha value is -2.37. The zero-order valence-corrected chi connectivity index (χ0v) is 15.1. The van der Waals surface area contributed by atoms with Crippen molar-refractivity contribution in [3.63, 3.8) is 0 Å². The Morgan fingerprint density at radius 1 is 1.24 bits per heavy atom. The molecule has 25 heavy (non-hydrogen) atoms. The van der Waals surface area contributed by atoms with E-state index in [0.29, 0.717) is 11.6 Å². The standard InChI is InChI=1S/C19H25N5O/c1-12-18(13(2)23(3)22-12)16-5-4-10-24(16)19(25)14-6-9-17(20-11-14)21-15-7-8-15/h6,9,11,15-16H,4-5,7-8,10H2,1-3H3,(H,20,21). The van der Waals surface area contributed by atoms with Crippen molar-refractivity contribution in [2.75, 3.05) is 11.9 Å². The molecule has 2 aromatic rings. The van der Waals surface area contributed by atoms with E-state index in [1.807, 2.05) is 35.7 Å². The highest BCUT2D eigenvalue weighted by Crippen LogP contribution is 2.36. The summed E-state index contributed by atoms with van der Waals surface area (Å²) < 4.78 is 1.91. The third-order valence-electron chi connectivity index (χ3n) is 5.35. The molecule has 1 N–H and O–H groups in total. The number of hydrogen-bond donors (Lipinski definition) is 1. The first kappa shape index (κ1) is 16.1. The molecule has 0 radical (unpaired) electrons. The van der Waals surface area contributed by atoms with Gasteiger partial charge in [0.25, 0.3) is 5.91 Å². The van der Waals surface area contributed by atoms with Gasteiger partial charge in [-0.2, -0.15) is 5.10 Å². The van der Waals surface area contributed by atoms with Crippen molar-refractivity contribution >= 4 is 11.7 Å². The summed E-state index contributed by atoms with van der Waals surface area (Å²) in [7, 11) is 1.96. The Morgan fingerprint density at radius 2 is 2.04 bits per heavy atom. The molecule has 1 amide bonds. The molecule has 0 aromatic carbocycles. The van der Waals surface area contributed by atoms with Gasteiger partial charge < -0.3 is 10.2 Å². The number of likely N-dealkylation sites (tertiary alicyclic amines) is 1. The molecule has 1 atom stereocenters. The summed E-state index contributed by atoms with van der Waals surface area (Å²) >= 11 is 0. The van der Waals surface area contributed by atoms with Crippen LogP contribution in [0, 0.1) is 13.8 Å². The van der Waals surface area contributed by atoms with Crippen LogP contribution in [0.2, 0.25) is 0 Å². The lowest BCUT2D eigenvalue weighted by molar-refractivity contribution is 0.0734. The van der Waals surface area contributed by atoms with Crippen molar-refractivity contribution in [3.05, 3.63) is 40.8 Å². The Kier molecular flexibility index (Phi) is 3.98. The van der Waals surface area contributed by atoms with Crippen LogP contribution in [0.3, 0.4) is 0 Å². The number of carbonyl (C=O) groups excluding carboxylic acids is 1. The lowest BCUT2D eigenvalue weighted by atomic mass is 10.0. The largest absolute Gasteiger partial charge is 0.367 e. The van der Waals surface area contributed by atoms with Crippen molar-refractivity contribution < 1.29 is 4.79 Å². The Labute approximate surface area is 148 Å². The Bertz CT molecular complexity index is 791. The minimum atomic E-state index is 0.0654. The highest BCUT2D eigenvalue weighted by atomic mass is 16.2. The van der Waals surface area contributed by atoms with Gasteiger partial charge >= 0.3 is 0 Å². The predicted molar refractivity (Wildman–Crippen MR) is 96.6 cm³/mol. The molecule has 1 saturated carbocycles. The van der Waals surface area contributed by atoms with Crippen molar-refractivity contribution in [3.8, 4) is 0 Å². The molecule has 0 spiro atoms. The van der Waals surface area contributed by atoms with E-state index in [2.05, 4.69) is 22.3 Å². The maximum atomic E-state index is 13.0. The van der Waals surface area contributed by atoms with Gasteiger partial charge in [-0.25, -0.2) is 4.98 Å². The fourth-order valence-corrected chi connectivity index (χ4v) is 3.79. The van der Waals surface area contributed by atoms with Gasteiger partial charge in [0.1, 0.15) is 5.82 Å². The molecule has 1 saturated heterocycles. The predicted octanol–water partition coefficient (Wildman–Crippen LogP) is 2.98. The monoisotopic (exact) mass is 339 g/mol. The van der Waals surface area contributed by atoms with Gasteiger partial charge in [-0.05, 0) is 51.7 Å². The Balaban J connectivity index is 1.55. The van der Waals surface area contributed by atoms with E-state index in [1.54, 1.807) is 6.20 Å². The first-order valence-electron chi connectivity index (χ1n) is 9.08. The smallest absolute Gasteiger partial charge is 0.255 e. The van der Waals surface area contributed by atoms with Crippen molar-refractivity contribution in [1.29, 1.82) is 0 Å². The van der Waals surface area contributed by atoms with Crippen LogP contribution in [-0.4, -0.2) is 38.2 Å². The number of hydrogen-bond acceptors (Lipinski definition) is 4. The zero-order chi connectivity index (χ0) is 17.6. The lowest BCUT2D eigenvalue weighted by Crippen LogP contribution is -2.31. The fourth-order valence-electron chi connectivity index (χ4n) is 3.79. The lowest BCUT2D eigenvalue weighted by Gasteiger charge is -2.25. The summed E-state index contributed by atoms with van der Waals surface area (Å²) in [6.45, 7) is 4.90. The first-order chi connectivity index (χ1) is 12.0. The SMILES string of the molecule is Cc1nn(C)c(C)c1C1CCCN1C(=O)c1ccc(NC2CC2)nc1. The van der Waals surface area contributed by atoms with Crippen LogP contribution >= 0.6 is 0 Å². The highest BCUT2D eigenvalue weighted by Gasteiger charge is 2.34. The van der Waals surface area contributed by atoms with E-state index in [1.165, 1.54) is 18.4 Å². The number of nitrogens with one attached hydrogen (secondary N) is 1. The van der Waals surface area contributed by atoms with Crippen molar-refractivity contribution in [2.24, 2.45) is 7.05 Å². The van der Waals surface area contributed by atoms with Gasteiger partial charge in [0.15, 0.2) is 0 Å². The van der Waals surface area contributed by atoms with E-state index in [4.69, 9.17) is 0 Å². The number of aryl methyl sites for hydroxylation is 2. The number of rotatable bonds is 4. The minimum absolute atomic E-state index is 0.0654. The number of anilines is 1. The summed E-state index contributed by atoms with van der Waals surface area (Å²) in [4.78, 5) is 19.4. The summed E-state index contributed by atoms with van der Waals surface area (Å²) in [6.07, 6.45) is 6.14. The van der Waals surface area contributed by atoms with Gasteiger partial charge in [-0.3, -0.25) is 9.48 Å². The van der Waals surface area contributed by atoms with Crippen LogP contribution in [0.1, 0.15) is 59.0 Å². The molecule has 1 aliphatic carbocycles. The summed E-state index contributed by atoms with van der Waals surface area (Å²) in [5, 5.41) is 7.88. The summed E-state index contributed by atoms with van der Waals surface area (Å²) in [5.74, 6) is 0.923. The molecular weight excluding hydrogens is 314 g/mol. The maximum Gasteiger partial charge on any atom is 0.255 e. The second-order valence-corrected chi connectivity index (χ2v) is 7.22. The van der Waals surface area contributed by atoms with Crippen LogP contribution in [0.4, 0.5) is 5.82 Å². The third-order valence-corrected chi connectivity index (χ3v) is 5.35. The van der Waals surface area contributed by atoms with Gasteiger partial charge in [-0.1, -0.05) is 0 Å². The Morgan fingerprint density at radius 3 is 2.64 bits per heavy atom. The normalized spacial score (nSPS) is 20.1. The molecule has 6 heteroatoms. The number of aromatic nitrogens is 3. The van der Waals surface area contributed by atoms with Crippen molar-refractivity contribution in [1.82, 2.24) is 19.7 Å². The van der Waals surface area contributed by atoms with Gasteiger partial charge in [-0.15, -0.1) is 0 Å². The average Bonchev–Trinajstić information content (AvgIpc) is 3.22. The molecule has 2 fully saturated rings. The van der Waals surface area contributed by atoms with Crippen LogP contribution in [0.15, 0.2) is 18.3 Å². The molecule has 2 aliphatic rings. The van der Waals surface area contributed by atoms with E-state index in [0.717, 1.165) is 36.6 Å². The van der Waals surface area contributed by atoms with Crippen molar-refractivity contribution in [2.45, 2.75) is 51.6 Å². The van der Waals surface area contributed by atoms with E-state index in [-0.39, 0.29) is 11.9 Å².